The molecule has 1 atom stereocenters. The molecule has 2 aromatic carbocycles. The van der Waals surface area contributed by atoms with Gasteiger partial charge < -0.3 is 15.0 Å². The number of carbonyl (C=O) groups is 3. The van der Waals surface area contributed by atoms with Crippen LogP contribution in [0.5, 0.6) is 0 Å². The molecular formula is C21H21N3O6. The van der Waals surface area contributed by atoms with Gasteiger partial charge >= 0.3 is 5.97 Å². The van der Waals surface area contributed by atoms with Gasteiger partial charge in [0.2, 0.25) is 5.91 Å². The number of nitrogens with zero attached hydrogens (tertiary/aromatic N) is 2. The van der Waals surface area contributed by atoms with Gasteiger partial charge in [0.1, 0.15) is 0 Å². The highest BCUT2D eigenvalue weighted by Crippen LogP contribution is 2.28. The molecule has 0 spiro atoms. The van der Waals surface area contributed by atoms with Gasteiger partial charge in [-0.25, -0.2) is 0 Å². The van der Waals surface area contributed by atoms with Gasteiger partial charge in [-0.1, -0.05) is 25.1 Å². The predicted octanol–water partition coefficient (Wildman–Crippen LogP) is 2.69. The minimum absolute atomic E-state index is 0.0406. The zero-order valence-corrected chi connectivity index (χ0v) is 16.4. The zero-order valence-electron chi connectivity index (χ0n) is 16.4. The molecule has 1 N–H and O–H groups in total. The number of nitrogens with one attached hydrogen (secondary N) is 1. The first-order chi connectivity index (χ1) is 14.4. The Kier molecular flexibility index (Phi) is 6.41. The van der Waals surface area contributed by atoms with E-state index < -0.39 is 29.3 Å². The maximum atomic E-state index is 12.3. The quantitative estimate of drug-likeness (QED) is 0.425. The zero-order chi connectivity index (χ0) is 21.7. The Morgan fingerprint density at radius 1 is 1.23 bits per heavy atom. The summed E-state index contributed by atoms with van der Waals surface area (Å²) < 4.78 is 5.06. The largest absolute Gasteiger partial charge is 0.455 e. The number of nitro groups is 1. The molecular weight excluding hydrogens is 390 g/mol. The maximum absolute atomic E-state index is 12.3. The molecule has 1 heterocycles. The molecule has 0 aromatic heterocycles. The van der Waals surface area contributed by atoms with Gasteiger partial charge in [-0.15, -0.1) is 0 Å². The molecule has 0 aliphatic carbocycles. The second-order valence-electron chi connectivity index (χ2n) is 6.89. The van der Waals surface area contributed by atoms with Crippen molar-refractivity contribution in [3.8, 4) is 0 Å². The Balaban J connectivity index is 1.53. The number of esters is 1. The molecule has 1 aliphatic rings. The normalized spacial score (nSPS) is 15.7. The summed E-state index contributed by atoms with van der Waals surface area (Å²) >= 11 is 0. The Morgan fingerprint density at radius 3 is 2.63 bits per heavy atom. The summed E-state index contributed by atoms with van der Waals surface area (Å²) in [6.45, 7) is 1.61. The van der Waals surface area contributed by atoms with Crippen LogP contribution in [0.15, 0.2) is 48.5 Å². The fourth-order valence-corrected chi connectivity index (χ4v) is 3.16. The van der Waals surface area contributed by atoms with Gasteiger partial charge in [0.05, 0.1) is 16.5 Å². The molecule has 2 amide bonds. The minimum Gasteiger partial charge on any atom is -0.455 e. The SMILES string of the molecule is CCc1ccc(NC(=O)COC(=O)[C@@H]2CC(=O)N(c3cccc([N+](=O)[O-])c3)C2)cc1. The molecule has 1 fully saturated rings. The van der Waals surface area contributed by atoms with E-state index in [2.05, 4.69) is 5.32 Å². The third-order valence-corrected chi connectivity index (χ3v) is 4.80. The number of benzene rings is 2. The van der Waals surface area contributed by atoms with Crippen LogP contribution in [0.25, 0.3) is 0 Å². The molecule has 9 nitrogen and oxygen atoms in total. The van der Waals surface area contributed by atoms with Gasteiger partial charge in [0.15, 0.2) is 6.61 Å². The number of amides is 2. The van der Waals surface area contributed by atoms with Gasteiger partial charge in [0.25, 0.3) is 11.6 Å². The van der Waals surface area contributed by atoms with E-state index in [0.29, 0.717) is 11.4 Å². The molecule has 0 bridgehead atoms. The number of aryl methyl sites for hydroxylation is 1. The van der Waals surface area contributed by atoms with Crippen LogP contribution in [-0.4, -0.2) is 35.9 Å². The average Bonchev–Trinajstić information content (AvgIpc) is 3.14. The molecule has 2 aromatic rings. The van der Waals surface area contributed by atoms with Crippen LogP contribution in [0, 0.1) is 16.0 Å². The fourth-order valence-electron chi connectivity index (χ4n) is 3.16. The van der Waals surface area contributed by atoms with Gasteiger partial charge in [-0.3, -0.25) is 24.5 Å². The van der Waals surface area contributed by atoms with Crippen molar-refractivity contribution in [3.05, 3.63) is 64.2 Å². The average molecular weight is 411 g/mol. The Morgan fingerprint density at radius 2 is 1.97 bits per heavy atom. The first-order valence-electron chi connectivity index (χ1n) is 9.47. The summed E-state index contributed by atoms with van der Waals surface area (Å²) in [5.41, 5.74) is 1.94. The lowest BCUT2D eigenvalue weighted by Crippen LogP contribution is -2.28. The second kappa shape index (κ2) is 9.17. The van der Waals surface area contributed by atoms with Crippen LogP contribution in [0.1, 0.15) is 18.9 Å². The van der Waals surface area contributed by atoms with E-state index in [4.69, 9.17) is 4.74 Å². The number of hydrogen-bond acceptors (Lipinski definition) is 6. The summed E-state index contributed by atoms with van der Waals surface area (Å²) in [6.07, 6.45) is 0.806. The number of non-ortho nitro benzene ring substituents is 1. The van der Waals surface area contributed by atoms with Crippen molar-refractivity contribution in [2.75, 3.05) is 23.4 Å². The molecule has 9 heteroatoms. The van der Waals surface area contributed by atoms with Crippen molar-refractivity contribution in [1.82, 2.24) is 0 Å². The van der Waals surface area contributed by atoms with Crippen LogP contribution >= 0.6 is 0 Å². The number of ether oxygens (including phenoxy) is 1. The van der Waals surface area contributed by atoms with E-state index in [9.17, 15) is 24.5 Å². The highest BCUT2D eigenvalue weighted by molar-refractivity contribution is 6.00. The summed E-state index contributed by atoms with van der Waals surface area (Å²) in [5, 5.41) is 13.6. The summed E-state index contributed by atoms with van der Waals surface area (Å²) in [6, 6.07) is 13.0. The number of rotatable bonds is 7. The van der Waals surface area contributed by atoms with Crippen molar-refractivity contribution >= 4 is 34.8 Å². The number of anilines is 2. The van der Waals surface area contributed by atoms with E-state index in [0.717, 1.165) is 12.0 Å². The topological polar surface area (TPSA) is 119 Å². The molecule has 1 saturated heterocycles. The standard InChI is InChI=1S/C21H21N3O6/c1-2-14-6-8-16(9-7-14)22-19(25)13-30-21(27)15-10-20(26)23(12-15)17-4-3-5-18(11-17)24(28)29/h3-9,11,15H,2,10,12-13H2,1H3,(H,22,25)/t15-/m1/s1. The van der Waals surface area contributed by atoms with E-state index in [1.54, 1.807) is 18.2 Å². The predicted molar refractivity (Wildman–Crippen MR) is 109 cm³/mol. The molecule has 30 heavy (non-hydrogen) atoms. The van der Waals surface area contributed by atoms with Crippen molar-refractivity contribution in [1.29, 1.82) is 0 Å². The summed E-state index contributed by atoms with van der Waals surface area (Å²) in [7, 11) is 0. The number of nitro benzene ring substituents is 1. The molecule has 0 saturated carbocycles. The first-order valence-corrected chi connectivity index (χ1v) is 9.47. The number of carbonyl (C=O) groups excluding carboxylic acids is 3. The highest BCUT2D eigenvalue weighted by Gasteiger charge is 2.36. The molecule has 1 aliphatic heterocycles. The van der Waals surface area contributed by atoms with Crippen molar-refractivity contribution < 1.29 is 24.0 Å². The van der Waals surface area contributed by atoms with E-state index in [1.807, 2.05) is 19.1 Å². The highest BCUT2D eigenvalue weighted by atomic mass is 16.6. The van der Waals surface area contributed by atoms with Crippen LogP contribution in [0.3, 0.4) is 0 Å². The van der Waals surface area contributed by atoms with Crippen molar-refractivity contribution in [2.24, 2.45) is 5.92 Å². The molecule has 156 valence electrons. The fraction of sp³-hybridized carbons (Fsp3) is 0.286. The lowest BCUT2D eigenvalue weighted by molar-refractivity contribution is -0.384. The van der Waals surface area contributed by atoms with E-state index in [1.165, 1.54) is 23.1 Å². The third kappa shape index (κ3) is 4.99. The Bertz CT molecular complexity index is 973. The minimum atomic E-state index is -0.742. The summed E-state index contributed by atoms with van der Waals surface area (Å²) in [4.78, 5) is 48.3. The monoisotopic (exact) mass is 411 g/mol. The lowest BCUT2D eigenvalue weighted by Gasteiger charge is -2.16. The van der Waals surface area contributed by atoms with E-state index >= 15 is 0 Å². The first kappa shape index (κ1) is 21.0. The maximum Gasteiger partial charge on any atom is 0.311 e. The van der Waals surface area contributed by atoms with Crippen molar-refractivity contribution in [2.45, 2.75) is 19.8 Å². The Labute approximate surface area is 172 Å². The van der Waals surface area contributed by atoms with Gasteiger partial charge in [0, 0.05) is 30.8 Å². The third-order valence-electron chi connectivity index (χ3n) is 4.80. The van der Waals surface area contributed by atoms with Gasteiger partial charge in [-0.05, 0) is 30.2 Å². The van der Waals surface area contributed by atoms with Gasteiger partial charge in [-0.2, -0.15) is 0 Å². The van der Waals surface area contributed by atoms with Crippen LogP contribution in [-0.2, 0) is 25.5 Å². The number of hydrogen-bond donors (Lipinski definition) is 1. The smallest absolute Gasteiger partial charge is 0.311 e. The molecule has 0 radical (unpaired) electrons. The van der Waals surface area contributed by atoms with Crippen LogP contribution < -0.4 is 10.2 Å². The van der Waals surface area contributed by atoms with Crippen molar-refractivity contribution in [3.63, 3.8) is 0 Å². The van der Waals surface area contributed by atoms with E-state index in [-0.39, 0.29) is 24.6 Å². The van der Waals surface area contributed by atoms with Crippen LogP contribution in [0.4, 0.5) is 17.1 Å². The molecule has 3 rings (SSSR count). The van der Waals surface area contributed by atoms with Crippen LogP contribution in [0.2, 0.25) is 0 Å². The second-order valence-corrected chi connectivity index (χ2v) is 6.89. The Hall–Kier alpha value is -3.75. The summed E-state index contributed by atoms with van der Waals surface area (Å²) in [5.74, 6) is -2.22. The lowest BCUT2D eigenvalue weighted by atomic mass is 10.1. The molecule has 0 unspecified atom stereocenters.